The van der Waals surface area contributed by atoms with Gasteiger partial charge in [0.15, 0.2) is 4.96 Å². The maximum atomic E-state index is 12.6. The third kappa shape index (κ3) is 3.62. The second-order valence-electron chi connectivity index (χ2n) is 7.61. The van der Waals surface area contributed by atoms with Crippen molar-refractivity contribution in [3.63, 3.8) is 0 Å². The second kappa shape index (κ2) is 7.95. The largest absolute Gasteiger partial charge is 0.312 e. The standard InChI is InChI=1S/C22H23N3O2S2/c26-20(24-11-9-15-5-1-2-6-17(15)24)10-12-28-14-16-13-21(27)25-18-7-3-4-8-19(18)29-22(25)23-16/h1-2,5-6,13H,3-4,7-12,14H2. The van der Waals surface area contributed by atoms with Gasteiger partial charge in [-0.15, -0.1) is 11.3 Å². The molecule has 2 aliphatic rings. The van der Waals surface area contributed by atoms with E-state index in [0.29, 0.717) is 12.2 Å². The zero-order valence-corrected chi connectivity index (χ0v) is 17.9. The summed E-state index contributed by atoms with van der Waals surface area (Å²) >= 11 is 3.34. The Balaban J connectivity index is 1.21. The van der Waals surface area contributed by atoms with E-state index in [2.05, 4.69) is 6.07 Å². The van der Waals surface area contributed by atoms with Crippen molar-refractivity contribution in [2.75, 3.05) is 17.2 Å². The molecule has 1 aliphatic heterocycles. The first-order chi connectivity index (χ1) is 14.2. The number of nitrogens with zero attached hydrogens (tertiary/aromatic N) is 3. The van der Waals surface area contributed by atoms with Crippen LogP contribution in [0.5, 0.6) is 0 Å². The molecule has 7 heteroatoms. The molecule has 0 saturated carbocycles. The minimum absolute atomic E-state index is 0.0368. The van der Waals surface area contributed by atoms with Gasteiger partial charge in [0, 0.05) is 46.8 Å². The molecule has 1 aromatic carbocycles. The number of benzene rings is 1. The summed E-state index contributed by atoms with van der Waals surface area (Å²) in [5, 5.41) is 0. The highest BCUT2D eigenvalue weighted by atomic mass is 32.2. The fourth-order valence-electron chi connectivity index (χ4n) is 4.28. The second-order valence-corrected chi connectivity index (χ2v) is 9.78. The van der Waals surface area contributed by atoms with Crippen LogP contribution in [-0.2, 0) is 29.8 Å². The molecule has 0 atom stereocenters. The number of anilines is 1. The molecule has 1 amide bonds. The zero-order valence-electron chi connectivity index (χ0n) is 16.2. The van der Waals surface area contributed by atoms with Crippen LogP contribution in [-0.4, -0.2) is 27.6 Å². The summed E-state index contributed by atoms with van der Waals surface area (Å²) in [6.07, 6.45) is 5.84. The molecule has 29 heavy (non-hydrogen) atoms. The van der Waals surface area contributed by atoms with Crippen molar-refractivity contribution in [3.05, 3.63) is 62.5 Å². The predicted molar refractivity (Wildman–Crippen MR) is 119 cm³/mol. The summed E-state index contributed by atoms with van der Waals surface area (Å²) in [6, 6.07) is 9.81. The van der Waals surface area contributed by atoms with Crippen LogP contribution < -0.4 is 10.5 Å². The van der Waals surface area contributed by atoms with Crippen molar-refractivity contribution in [1.29, 1.82) is 0 Å². The van der Waals surface area contributed by atoms with Gasteiger partial charge in [0.2, 0.25) is 5.91 Å². The van der Waals surface area contributed by atoms with Crippen LogP contribution in [0.3, 0.4) is 0 Å². The summed E-state index contributed by atoms with van der Waals surface area (Å²) < 4.78 is 1.81. The number of amides is 1. The average molecular weight is 426 g/mol. The number of hydrogen-bond acceptors (Lipinski definition) is 5. The number of carbonyl (C=O) groups excluding carboxylic acids is 1. The number of para-hydroxylation sites is 1. The third-order valence-electron chi connectivity index (χ3n) is 5.71. The number of hydrogen-bond donors (Lipinski definition) is 0. The maximum absolute atomic E-state index is 12.6. The number of aryl methyl sites for hydroxylation is 2. The van der Waals surface area contributed by atoms with Crippen molar-refractivity contribution in [2.24, 2.45) is 0 Å². The van der Waals surface area contributed by atoms with E-state index in [-0.39, 0.29) is 11.5 Å². The number of carbonyl (C=O) groups is 1. The van der Waals surface area contributed by atoms with Gasteiger partial charge in [-0.3, -0.25) is 14.0 Å². The summed E-state index contributed by atoms with van der Waals surface area (Å²) in [4.78, 5) is 34.0. The summed E-state index contributed by atoms with van der Waals surface area (Å²) in [5.41, 5.74) is 4.34. The van der Waals surface area contributed by atoms with Gasteiger partial charge in [-0.25, -0.2) is 4.98 Å². The first-order valence-corrected chi connectivity index (χ1v) is 12.2. The van der Waals surface area contributed by atoms with Crippen molar-refractivity contribution in [1.82, 2.24) is 9.38 Å². The van der Waals surface area contributed by atoms with Crippen molar-refractivity contribution < 1.29 is 4.79 Å². The molecule has 1 aliphatic carbocycles. The monoisotopic (exact) mass is 425 g/mol. The molecular weight excluding hydrogens is 402 g/mol. The third-order valence-corrected chi connectivity index (χ3v) is 7.85. The molecule has 0 fully saturated rings. The smallest absolute Gasteiger partial charge is 0.259 e. The van der Waals surface area contributed by atoms with Crippen LogP contribution in [0.1, 0.15) is 41.1 Å². The van der Waals surface area contributed by atoms with Crippen LogP contribution in [0.25, 0.3) is 4.96 Å². The van der Waals surface area contributed by atoms with Crippen LogP contribution in [0.2, 0.25) is 0 Å². The van der Waals surface area contributed by atoms with E-state index >= 15 is 0 Å². The Morgan fingerprint density at radius 3 is 2.97 bits per heavy atom. The molecule has 150 valence electrons. The summed E-state index contributed by atoms with van der Waals surface area (Å²) in [6.45, 7) is 0.779. The highest BCUT2D eigenvalue weighted by Crippen LogP contribution is 2.29. The maximum Gasteiger partial charge on any atom is 0.259 e. The van der Waals surface area contributed by atoms with Gasteiger partial charge in [0.05, 0.1) is 5.69 Å². The number of thioether (sulfide) groups is 1. The Hall–Kier alpha value is -2.12. The molecule has 3 heterocycles. The number of thiazole rings is 1. The molecule has 0 unspecified atom stereocenters. The van der Waals surface area contributed by atoms with Crippen molar-refractivity contribution in [2.45, 2.75) is 44.3 Å². The summed E-state index contributed by atoms with van der Waals surface area (Å²) in [5.74, 6) is 1.58. The first kappa shape index (κ1) is 18.9. The Kier molecular flexibility index (Phi) is 5.18. The van der Waals surface area contributed by atoms with E-state index in [1.54, 1.807) is 29.2 Å². The Morgan fingerprint density at radius 2 is 2.03 bits per heavy atom. The zero-order chi connectivity index (χ0) is 19.8. The lowest BCUT2D eigenvalue weighted by Gasteiger charge is -2.17. The van der Waals surface area contributed by atoms with Crippen molar-refractivity contribution in [3.8, 4) is 0 Å². The van der Waals surface area contributed by atoms with Crippen LogP contribution >= 0.6 is 23.1 Å². The Labute approximate surface area is 177 Å². The highest BCUT2D eigenvalue weighted by molar-refractivity contribution is 7.98. The fraction of sp³-hybridized carbons (Fsp3) is 0.409. The fourth-order valence-corrected chi connectivity index (χ4v) is 6.34. The number of aromatic nitrogens is 2. The molecule has 5 rings (SSSR count). The number of fused-ring (bicyclic) bond motifs is 4. The van der Waals surface area contributed by atoms with Gasteiger partial charge >= 0.3 is 0 Å². The first-order valence-electron chi connectivity index (χ1n) is 10.2. The molecule has 0 N–H and O–H groups in total. The van der Waals surface area contributed by atoms with Crippen LogP contribution in [0.4, 0.5) is 5.69 Å². The highest BCUT2D eigenvalue weighted by Gasteiger charge is 2.23. The van der Waals surface area contributed by atoms with Gasteiger partial charge in [0.25, 0.3) is 5.56 Å². The van der Waals surface area contributed by atoms with Crippen molar-refractivity contribution >= 4 is 39.7 Å². The van der Waals surface area contributed by atoms with Gasteiger partial charge in [-0.2, -0.15) is 11.8 Å². The van der Waals surface area contributed by atoms with E-state index in [0.717, 1.165) is 54.3 Å². The molecule has 0 bridgehead atoms. The SMILES string of the molecule is O=C(CCSCc1cc(=O)n2c3c(sc2n1)CCCC3)N1CCc2ccccc21. The van der Waals surface area contributed by atoms with E-state index in [1.807, 2.05) is 27.5 Å². The summed E-state index contributed by atoms with van der Waals surface area (Å²) in [7, 11) is 0. The lowest BCUT2D eigenvalue weighted by molar-refractivity contribution is -0.118. The average Bonchev–Trinajstić information content (AvgIpc) is 3.32. The van der Waals surface area contributed by atoms with E-state index in [4.69, 9.17) is 4.98 Å². The Morgan fingerprint density at radius 1 is 1.17 bits per heavy atom. The van der Waals surface area contributed by atoms with Gasteiger partial charge in [0.1, 0.15) is 0 Å². The van der Waals surface area contributed by atoms with Crippen LogP contribution in [0.15, 0.2) is 35.1 Å². The van der Waals surface area contributed by atoms with Gasteiger partial charge in [-0.1, -0.05) is 18.2 Å². The molecular formula is C22H23N3O2S2. The Bertz CT molecular complexity index is 1130. The van der Waals surface area contributed by atoms with Gasteiger partial charge in [-0.05, 0) is 43.7 Å². The van der Waals surface area contributed by atoms with E-state index in [1.165, 1.54) is 22.6 Å². The normalized spacial score (nSPS) is 15.5. The van der Waals surface area contributed by atoms with Gasteiger partial charge < -0.3 is 4.90 Å². The molecule has 5 nitrogen and oxygen atoms in total. The topological polar surface area (TPSA) is 54.7 Å². The minimum atomic E-state index is 0.0368. The predicted octanol–water partition coefficient (Wildman–Crippen LogP) is 3.85. The molecule has 0 spiro atoms. The molecule has 2 aromatic heterocycles. The quantitative estimate of drug-likeness (QED) is 0.583. The lowest BCUT2D eigenvalue weighted by atomic mass is 10.0. The van der Waals surface area contributed by atoms with E-state index < -0.39 is 0 Å². The number of rotatable bonds is 5. The molecule has 3 aromatic rings. The van der Waals surface area contributed by atoms with Crippen LogP contribution in [0, 0.1) is 0 Å². The molecule has 0 radical (unpaired) electrons. The lowest BCUT2D eigenvalue weighted by Crippen LogP contribution is -2.29. The van der Waals surface area contributed by atoms with E-state index in [9.17, 15) is 9.59 Å². The minimum Gasteiger partial charge on any atom is -0.312 e. The molecule has 0 saturated heterocycles.